The predicted molar refractivity (Wildman–Crippen MR) is 137 cm³/mol. The molecular formula is C28H23N3OS. The summed E-state index contributed by atoms with van der Waals surface area (Å²) in [4.78, 5) is 9.43. The van der Waals surface area contributed by atoms with Crippen molar-refractivity contribution in [3.63, 3.8) is 0 Å². The third kappa shape index (κ3) is 4.62. The molecule has 0 N–H and O–H groups in total. The summed E-state index contributed by atoms with van der Waals surface area (Å²) in [6.45, 7) is 9.80. The minimum absolute atomic E-state index is 0.564. The van der Waals surface area contributed by atoms with Gasteiger partial charge in [-0.2, -0.15) is 4.36 Å². The second-order valence-corrected chi connectivity index (χ2v) is 9.77. The van der Waals surface area contributed by atoms with E-state index in [2.05, 4.69) is 39.3 Å². The second kappa shape index (κ2) is 9.23. The number of para-hydroxylation sites is 1. The lowest BCUT2D eigenvalue weighted by molar-refractivity contribution is 0.681. The maximum absolute atomic E-state index is 13.7. The van der Waals surface area contributed by atoms with E-state index in [1.54, 1.807) is 24.7 Å². The highest BCUT2D eigenvalue weighted by atomic mass is 32.2. The summed E-state index contributed by atoms with van der Waals surface area (Å²) >= 11 is 0. The lowest BCUT2D eigenvalue weighted by Gasteiger charge is -2.08. The number of rotatable bonds is 3. The van der Waals surface area contributed by atoms with Crippen molar-refractivity contribution in [1.29, 1.82) is 0 Å². The lowest BCUT2D eigenvalue weighted by atomic mass is 10.1. The Morgan fingerprint density at radius 2 is 1.76 bits per heavy atom. The fourth-order valence-electron chi connectivity index (χ4n) is 3.49. The van der Waals surface area contributed by atoms with Crippen molar-refractivity contribution < 1.29 is 4.21 Å². The Morgan fingerprint density at radius 1 is 1.00 bits per heavy atom. The Labute approximate surface area is 194 Å². The zero-order chi connectivity index (χ0) is 23.4. The molecule has 0 fully saturated rings. The summed E-state index contributed by atoms with van der Waals surface area (Å²) in [5.74, 6) is 6.36. The van der Waals surface area contributed by atoms with Gasteiger partial charge in [0, 0.05) is 34.9 Å². The molecular weight excluding hydrogens is 426 g/mol. The summed E-state index contributed by atoms with van der Waals surface area (Å²) < 4.78 is 18.4. The van der Waals surface area contributed by atoms with Gasteiger partial charge in [0.1, 0.15) is 0 Å². The Hall–Kier alpha value is -4.01. The molecule has 4 rings (SSSR count). The van der Waals surface area contributed by atoms with Crippen LogP contribution in [0.5, 0.6) is 0 Å². The van der Waals surface area contributed by atoms with E-state index in [1.165, 1.54) is 0 Å². The summed E-state index contributed by atoms with van der Waals surface area (Å²) in [5.41, 5.74) is 3.53. The average molecular weight is 450 g/mol. The first-order valence-corrected chi connectivity index (χ1v) is 12.3. The van der Waals surface area contributed by atoms with E-state index < -0.39 is 9.73 Å². The quantitative estimate of drug-likeness (QED) is 0.433. The summed E-state index contributed by atoms with van der Waals surface area (Å²) in [5, 5.41) is 2.63. The Morgan fingerprint density at radius 3 is 2.58 bits per heavy atom. The van der Waals surface area contributed by atoms with Crippen LogP contribution in [0.15, 0.2) is 88.9 Å². The minimum atomic E-state index is -2.77. The Kier molecular flexibility index (Phi) is 6.21. The van der Waals surface area contributed by atoms with Crippen molar-refractivity contribution in [2.75, 3.05) is 6.26 Å². The molecule has 2 heterocycles. The van der Waals surface area contributed by atoms with Crippen molar-refractivity contribution in [3.8, 4) is 11.8 Å². The van der Waals surface area contributed by atoms with Gasteiger partial charge in [0.25, 0.3) is 0 Å². The molecule has 1 atom stereocenters. The molecule has 0 aliphatic rings. The van der Waals surface area contributed by atoms with Gasteiger partial charge in [-0.25, -0.2) is 4.21 Å². The Bertz CT molecular complexity index is 1680. The van der Waals surface area contributed by atoms with Gasteiger partial charge < -0.3 is 0 Å². The van der Waals surface area contributed by atoms with Crippen molar-refractivity contribution in [2.45, 2.75) is 11.8 Å². The SMILES string of the molecule is C=C/C=c1/c(C#Cc2ccccc2N=S(C)(=O)c2cccc3cccnc23)cnc(C)c1=C. The molecule has 0 aliphatic heterocycles. The monoisotopic (exact) mass is 449 g/mol. The van der Waals surface area contributed by atoms with E-state index >= 15 is 0 Å². The van der Waals surface area contributed by atoms with Gasteiger partial charge in [-0.05, 0) is 36.4 Å². The van der Waals surface area contributed by atoms with E-state index in [9.17, 15) is 4.21 Å². The first kappa shape index (κ1) is 22.2. The zero-order valence-electron chi connectivity index (χ0n) is 18.6. The normalized spacial score (nSPS) is 13.1. The van der Waals surface area contributed by atoms with Crippen molar-refractivity contribution in [1.82, 2.24) is 9.97 Å². The molecule has 0 amide bonds. The molecule has 4 aromatic rings. The van der Waals surface area contributed by atoms with Crippen LogP contribution in [0.3, 0.4) is 0 Å². The van der Waals surface area contributed by atoms with Crippen LogP contribution >= 0.6 is 0 Å². The number of nitrogens with zero attached hydrogens (tertiary/aromatic N) is 3. The van der Waals surface area contributed by atoms with Crippen LogP contribution in [0.2, 0.25) is 0 Å². The summed E-state index contributed by atoms with van der Waals surface area (Å²) in [6.07, 6.45) is 8.66. The first-order valence-electron chi connectivity index (χ1n) is 10.3. The number of hydrogen-bond donors (Lipinski definition) is 0. The van der Waals surface area contributed by atoms with Crippen molar-refractivity contribution in [3.05, 3.63) is 107 Å². The second-order valence-electron chi connectivity index (χ2n) is 7.54. The van der Waals surface area contributed by atoms with E-state index in [0.29, 0.717) is 21.7 Å². The van der Waals surface area contributed by atoms with Crippen LogP contribution in [-0.4, -0.2) is 20.4 Å². The van der Waals surface area contributed by atoms with Gasteiger partial charge in [-0.15, -0.1) is 0 Å². The zero-order valence-corrected chi connectivity index (χ0v) is 19.4. The fourth-order valence-corrected chi connectivity index (χ4v) is 4.98. The molecule has 162 valence electrons. The number of allylic oxidation sites excluding steroid dienone is 1. The highest BCUT2D eigenvalue weighted by Crippen LogP contribution is 2.27. The van der Waals surface area contributed by atoms with Crippen molar-refractivity contribution in [2.24, 2.45) is 4.36 Å². The molecule has 0 spiro atoms. The van der Waals surface area contributed by atoms with Crippen LogP contribution in [0, 0.1) is 18.8 Å². The molecule has 4 nitrogen and oxygen atoms in total. The third-order valence-corrected chi connectivity index (χ3v) is 6.93. The molecule has 0 bridgehead atoms. The molecule has 33 heavy (non-hydrogen) atoms. The largest absolute Gasteiger partial charge is 0.260 e. The van der Waals surface area contributed by atoms with Crippen molar-refractivity contribution >= 4 is 39.0 Å². The number of pyridine rings is 2. The number of benzene rings is 2. The van der Waals surface area contributed by atoms with Gasteiger partial charge in [0.05, 0.1) is 37.0 Å². The third-order valence-electron chi connectivity index (χ3n) is 5.24. The minimum Gasteiger partial charge on any atom is -0.260 e. The first-order chi connectivity index (χ1) is 15.9. The van der Waals surface area contributed by atoms with Crippen LogP contribution in [0.25, 0.3) is 23.6 Å². The molecule has 2 aromatic heterocycles. The predicted octanol–water partition coefficient (Wildman–Crippen LogP) is 4.50. The van der Waals surface area contributed by atoms with Crippen LogP contribution in [-0.2, 0) is 9.73 Å². The molecule has 1 unspecified atom stereocenters. The molecule has 5 heteroatoms. The maximum Gasteiger partial charge on any atom is 0.0890 e. The topological polar surface area (TPSA) is 55.2 Å². The summed E-state index contributed by atoms with van der Waals surface area (Å²) in [7, 11) is -2.77. The molecule has 0 radical (unpaired) electrons. The highest BCUT2D eigenvalue weighted by Gasteiger charge is 2.12. The molecule has 0 saturated heterocycles. The van der Waals surface area contributed by atoms with Gasteiger partial charge in [-0.1, -0.05) is 67.5 Å². The van der Waals surface area contributed by atoms with E-state index in [0.717, 1.165) is 27.1 Å². The van der Waals surface area contributed by atoms with Gasteiger partial charge in [0.2, 0.25) is 0 Å². The van der Waals surface area contributed by atoms with Crippen LogP contribution in [0.1, 0.15) is 16.8 Å². The van der Waals surface area contributed by atoms with Crippen LogP contribution < -0.4 is 10.4 Å². The standard InChI is InChI=1S/C28H23N3OS/c1-5-10-25-20(2)21(3)30-19-24(25)17-16-22-11-6-7-14-26(22)31-33(4,32)27-15-8-12-23-13-9-18-29-28(23)27/h5-15,18-19H,1-2H2,3-4H3/b25-10+. The van der Waals surface area contributed by atoms with Gasteiger partial charge in [-0.3, -0.25) is 9.97 Å². The number of aryl methyl sites for hydroxylation is 1. The Balaban J connectivity index is 1.86. The number of fused-ring (bicyclic) bond motifs is 1. The highest BCUT2D eigenvalue weighted by molar-refractivity contribution is 7.93. The molecule has 0 saturated carbocycles. The number of hydrogen-bond acceptors (Lipinski definition) is 4. The average Bonchev–Trinajstić information content (AvgIpc) is 2.82. The van der Waals surface area contributed by atoms with Crippen LogP contribution in [0.4, 0.5) is 5.69 Å². The van der Waals surface area contributed by atoms with E-state index in [4.69, 9.17) is 0 Å². The maximum atomic E-state index is 13.7. The lowest BCUT2D eigenvalue weighted by Crippen LogP contribution is -2.29. The molecule has 0 aliphatic carbocycles. The van der Waals surface area contributed by atoms with Gasteiger partial charge in [0.15, 0.2) is 0 Å². The fraction of sp³-hybridized carbons (Fsp3) is 0.0714. The smallest absolute Gasteiger partial charge is 0.0890 e. The number of aromatic nitrogens is 2. The van der Waals surface area contributed by atoms with Gasteiger partial charge >= 0.3 is 0 Å². The van der Waals surface area contributed by atoms with E-state index in [-0.39, 0.29) is 0 Å². The molecule has 2 aromatic carbocycles. The summed E-state index contributed by atoms with van der Waals surface area (Å²) in [6, 6.07) is 16.9. The van der Waals surface area contributed by atoms with E-state index in [1.807, 2.05) is 67.6 Å².